The van der Waals surface area contributed by atoms with Crippen LogP contribution in [0.4, 0.5) is 5.69 Å². The summed E-state index contributed by atoms with van der Waals surface area (Å²) in [6.45, 7) is 0.260. The van der Waals surface area contributed by atoms with E-state index in [-0.39, 0.29) is 12.5 Å². The van der Waals surface area contributed by atoms with Gasteiger partial charge in [0.05, 0.1) is 16.8 Å². The molecule has 4 aromatic rings. The molecule has 1 aliphatic heterocycles. The maximum absolute atomic E-state index is 13.0. The highest BCUT2D eigenvalue weighted by atomic mass is 35.5. The predicted molar refractivity (Wildman–Crippen MR) is 125 cm³/mol. The van der Waals surface area contributed by atoms with E-state index in [1.807, 2.05) is 66.7 Å². The molecule has 6 heteroatoms. The maximum Gasteiger partial charge on any atom is 0.339 e. The van der Waals surface area contributed by atoms with E-state index in [4.69, 9.17) is 16.3 Å². The highest BCUT2D eigenvalue weighted by Gasteiger charge is 2.25. The van der Waals surface area contributed by atoms with Crippen molar-refractivity contribution in [3.05, 3.63) is 95.0 Å². The van der Waals surface area contributed by atoms with Gasteiger partial charge in [-0.15, -0.1) is 0 Å². The Morgan fingerprint density at radius 2 is 1.72 bits per heavy atom. The number of amides is 1. The number of nitrogens with zero attached hydrogens (tertiary/aromatic N) is 2. The van der Waals surface area contributed by atoms with Crippen molar-refractivity contribution < 1.29 is 14.3 Å². The van der Waals surface area contributed by atoms with Crippen molar-refractivity contribution in [2.75, 3.05) is 18.1 Å². The first kappa shape index (κ1) is 20.2. The number of carbonyl (C=O) groups is 2. The molecule has 1 aliphatic rings. The van der Waals surface area contributed by atoms with Gasteiger partial charge in [0.15, 0.2) is 6.61 Å². The first-order valence-electron chi connectivity index (χ1n) is 10.3. The Labute approximate surface area is 190 Å². The van der Waals surface area contributed by atoms with Crippen LogP contribution in [0.3, 0.4) is 0 Å². The third kappa shape index (κ3) is 3.72. The molecule has 158 valence electrons. The number of ether oxygens (including phenoxy) is 1. The van der Waals surface area contributed by atoms with Crippen LogP contribution < -0.4 is 4.90 Å². The van der Waals surface area contributed by atoms with Crippen LogP contribution in [0.1, 0.15) is 15.9 Å². The summed E-state index contributed by atoms with van der Waals surface area (Å²) in [7, 11) is 0. The lowest BCUT2D eigenvalue weighted by atomic mass is 10.0. The Bertz CT molecular complexity index is 1350. The lowest BCUT2D eigenvalue weighted by Crippen LogP contribution is -2.33. The van der Waals surface area contributed by atoms with E-state index in [9.17, 15) is 9.59 Å². The number of esters is 1. The molecule has 2 heterocycles. The van der Waals surface area contributed by atoms with E-state index in [0.29, 0.717) is 33.7 Å². The minimum Gasteiger partial charge on any atom is -0.452 e. The molecule has 0 unspecified atom stereocenters. The Balaban J connectivity index is 1.42. The first-order valence-corrected chi connectivity index (χ1v) is 10.7. The Morgan fingerprint density at radius 1 is 0.969 bits per heavy atom. The molecular formula is C26H19ClN2O3. The summed E-state index contributed by atoms with van der Waals surface area (Å²) in [5.41, 5.74) is 4.29. The summed E-state index contributed by atoms with van der Waals surface area (Å²) in [5.74, 6) is -0.814. The van der Waals surface area contributed by atoms with Crippen molar-refractivity contribution in [1.82, 2.24) is 4.98 Å². The van der Waals surface area contributed by atoms with Crippen molar-refractivity contribution in [2.24, 2.45) is 0 Å². The fraction of sp³-hybridized carbons (Fsp3) is 0.115. The van der Waals surface area contributed by atoms with Crippen LogP contribution in [0.2, 0.25) is 5.02 Å². The zero-order chi connectivity index (χ0) is 22.1. The minimum atomic E-state index is -0.572. The van der Waals surface area contributed by atoms with E-state index in [2.05, 4.69) is 4.98 Å². The van der Waals surface area contributed by atoms with Crippen LogP contribution in [0.5, 0.6) is 0 Å². The van der Waals surface area contributed by atoms with Gasteiger partial charge in [-0.2, -0.15) is 0 Å². The maximum atomic E-state index is 13.0. The second-order valence-electron chi connectivity index (χ2n) is 7.55. The molecule has 0 spiro atoms. The van der Waals surface area contributed by atoms with Crippen molar-refractivity contribution in [1.29, 1.82) is 0 Å². The molecule has 0 saturated carbocycles. The third-order valence-corrected chi connectivity index (χ3v) is 5.93. The lowest BCUT2D eigenvalue weighted by molar-refractivity contribution is -0.121. The molecule has 0 fully saturated rings. The van der Waals surface area contributed by atoms with Gasteiger partial charge in [0.25, 0.3) is 5.91 Å². The molecule has 3 aromatic carbocycles. The Morgan fingerprint density at radius 3 is 2.59 bits per heavy atom. The van der Waals surface area contributed by atoms with E-state index >= 15 is 0 Å². The summed E-state index contributed by atoms with van der Waals surface area (Å²) >= 11 is 6.35. The topological polar surface area (TPSA) is 59.5 Å². The van der Waals surface area contributed by atoms with Gasteiger partial charge in [0.2, 0.25) is 0 Å². The van der Waals surface area contributed by atoms with Crippen LogP contribution in [0, 0.1) is 0 Å². The van der Waals surface area contributed by atoms with Gasteiger partial charge in [-0.1, -0.05) is 66.2 Å². The van der Waals surface area contributed by atoms with Gasteiger partial charge in [-0.25, -0.2) is 9.78 Å². The van der Waals surface area contributed by atoms with Crippen molar-refractivity contribution >= 4 is 40.1 Å². The number of hydrogen-bond acceptors (Lipinski definition) is 4. The number of rotatable bonds is 4. The highest BCUT2D eigenvalue weighted by Crippen LogP contribution is 2.30. The zero-order valence-corrected chi connectivity index (χ0v) is 17.9. The number of pyridine rings is 1. The second kappa shape index (κ2) is 8.44. The average molecular weight is 443 g/mol. The number of fused-ring (bicyclic) bond motifs is 2. The van der Waals surface area contributed by atoms with Crippen LogP contribution in [0.15, 0.2) is 78.9 Å². The standard InChI is InChI=1S/C26H19ClN2O3/c27-21-10-4-2-9-19(21)23-15-20(18-8-3-5-11-22(18)28-23)26(31)32-16-25(30)29-14-13-17-7-1-6-12-24(17)29/h1-12,15H,13-14,16H2. The number of para-hydroxylation sites is 2. The molecule has 1 aromatic heterocycles. The highest BCUT2D eigenvalue weighted by molar-refractivity contribution is 6.33. The van der Waals surface area contributed by atoms with Crippen LogP contribution in [-0.4, -0.2) is 30.0 Å². The van der Waals surface area contributed by atoms with E-state index in [1.165, 1.54) is 0 Å². The SMILES string of the molecule is O=C(OCC(=O)N1CCc2ccccc21)c1cc(-c2ccccc2Cl)nc2ccccc12. The fourth-order valence-electron chi connectivity index (χ4n) is 4.03. The van der Waals surface area contributed by atoms with Crippen molar-refractivity contribution in [2.45, 2.75) is 6.42 Å². The van der Waals surface area contributed by atoms with Crippen LogP contribution in [-0.2, 0) is 16.0 Å². The lowest BCUT2D eigenvalue weighted by Gasteiger charge is -2.17. The summed E-state index contributed by atoms with van der Waals surface area (Å²) in [4.78, 5) is 32.1. The summed E-state index contributed by atoms with van der Waals surface area (Å²) in [6.07, 6.45) is 0.798. The molecule has 0 bridgehead atoms. The normalized spacial score (nSPS) is 12.6. The van der Waals surface area contributed by atoms with Gasteiger partial charge < -0.3 is 9.64 Å². The first-order chi connectivity index (χ1) is 15.6. The minimum absolute atomic E-state index is 0.243. The summed E-state index contributed by atoms with van der Waals surface area (Å²) in [5, 5.41) is 1.20. The molecule has 0 N–H and O–H groups in total. The number of benzene rings is 3. The summed E-state index contributed by atoms with van der Waals surface area (Å²) in [6, 6.07) is 24.1. The van der Waals surface area contributed by atoms with E-state index < -0.39 is 5.97 Å². The molecule has 0 atom stereocenters. The van der Waals surface area contributed by atoms with Crippen molar-refractivity contribution in [3.8, 4) is 11.3 Å². The quantitative estimate of drug-likeness (QED) is 0.402. The molecular weight excluding hydrogens is 424 g/mol. The van der Waals surface area contributed by atoms with E-state index in [1.54, 1.807) is 17.0 Å². The number of halogens is 1. The van der Waals surface area contributed by atoms with Crippen molar-refractivity contribution in [3.63, 3.8) is 0 Å². The molecule has 5 rings (SSSR count). The Hall–Kier alpha value is -3.70. The molecule has 0 saturated heterocycles. The van der Waals surface area contributed by atoms with Gasteiger partial charge >= 0.3 is 5.97 Å². The van der Waals surface area contributed by atoms with Gasteiger partial charge in [-0.05, 0) is 36.2 Å². The molecule has 5 nitrogen and oxygen atoms in total. The molecule has 32 heavy (non-hydrogen) atoms. The zero-order valence-electron chi connectivity index (χ0n) is 17.1. The smallest absolute Gasteiger partial charge is 0.339 e. The predicted octanol–water partition coefficient (Wildman–Crippen LogP) is 5.30. The number of anilines is 1. The largest absolute Gasteiger partial charge is 0.452 e. The van der Waals surface area contributed by atoms with Crippen LogP contribution in [0.25, 0.3) is 22.2 Å². The summed E-state index contributed by atoms with van der Waals surface area (Å²) < 4.78 is 5.46. The second-order valence-corrected chi connectivity index (χ2v) is 7.96. The number of hydrogen-bond donors (Lipinski definition) is 0. The fourth-order valence-corrected chi connectivity index (χ4v) is 4.26. The molecule has 0 aliphatic carbocycles. The third-order valence-electron chi connectivity index (χ3n) is 5.60. The molecule has 1 amide bonds. The van der Waals surface area contributed by atoms with Gasteiger partial charge in [-0.3, -0.25) is 4.79 Å². The number of carbonyl (C=O) groups excluding carboxylic acids is 2. The average Bonchev–Trinajstić information content (AvgIpc) is 3.26. The monoisotopic (exact) mass is 442 g/mol. The van der Waals surface area contributed by atoms with Crippen LogP contribution >= 0.6 is 11.6 Å². The van der Waals surface area contributed by atoms with Gasteiger partial charge in [0, 0.05) is 28.2 Å². The molecule has 0 radical (unpaired) electrons. The van der Waals surface area contributed by atoms with Gasteiger partial charge in [0.1, 0.15) is 0 Å². The Kier molecular flexibility index (Phi) is 5.33. The van der Waals surface area contributed by atoms with E-state index in [0.717, 1.165) is 23.2 Å². The number of aromatic nitrogens is 1.